The zero-order chi connectivity index (χ0) is 15.0. The number of carboxylic acids is 1. The minimum atomic E-state index is -0.909. The maximum atomic E-state index is 11.7. The van der Waals surface area contributed by atoms with Crippen molar-refractivity contribution in [3.63, 3.8) is 0 Å². The number of nitrogens with one attached hydrogen (secondary N) is 2. The van der Waals surface area contributed by atoms with Gasteiger partial charge in [0.25, 0.3) is 0 Å². The van der Waals surface area contributed by atoms with Crippen LogP contribution in [0.1, 0.15) is 25.8 Å². The van der Waals surface area contributed by atoms with Crippen molar-refractivity contribution < 1.29 is 14.7 Å². The van der Waals surface area contributed by atoms with Gasteiger partial charge < -0.3 is 15.7 Å². The van der Waals surface area contributed by atoms with Crippen LogP contribution in [-0.2, 0) is 11.2 Å². The number of amides is 2. The Hall–Kier alpha value is -2.04. The van der Waals surface area contributed by atoms with Gasteiger partial charge in [-0.2, -0.15) is 0 Å². The number of carbonyl (C=O) groups is 2. The number of carbonyl (C=O) groups excluding carboxylic acids is 1. The molecule has 0 aliphatic rings. The van der Waals surface area contributed by atoms with E-state index in [1.165, 1.54) is 0 Å². The third-order valence-corrected chi connectivity index (χ3v) is 3.06. The molecule has 2 amide bonds. The molecule has 0 aromatic heterocycles. The van der Waals surface area contributed by atoms with Crippen LogP contribution in [0.5, 0.6) is 0 Å². The molecule has 5 heteroatoms. The smallest absolute Gasteiger partial charge is 0.315 e. The first-order chi connectivity index (χ1) is 9.49. The van der Waals surface area contributed by atoms with Crippen molar-refractivity contribution in [2.75, 3.05) is 6.54 Å². The first kappa shape index (κ1) is 16.0. The molecule has 0 aliphatic heterocycles. The Morgan fingerprint density at radius 1 is 1.20 bits per heavy atom. The highest BCUT2D eigenvalue weighted by Gasteiger charge is 2.18. The molecule has 0 saturated heterocycles. The quantitative estimate of drug-likeness (QED) is 0.714. The van der Waals surface area contributed by atoms with Gasteiger partial charge in [-0.05, 0) is 17.9 Å². The monoisotopic (exact) mass is 278 g/mol. The molecule has 0 spiro atoms. The molecular formula is C15H22N2O3. The second-order valence-corrected chi connectivity index (χ2v) is 5.08. The fourth-order valence-electron chi connectivity index (χ4n) is 1.83. The molecule has 0 fully saturated rings. The Labute approximate surface area is 119 Å². The molecule has 110 valence electrons. The molecule has 1 aromatic carbocycles. The van der Waals surface area contributed by atoms with Crippen LogP contribution in [0.25, 0.3) is 0 Å². The van der Waals surface area contributed by atoms with Crippen LogP contribution < -0.4 is 10.6 Å². The van der Waals surface area contributed by atoms with Crippen molar-refractivity contribution in [3.8, 4) is 0 Å². The Balaban J connectivity index is 2.33. The van der Waals surface area contributed by atoms with E-state index in [2.05, 4.69) is 10.6 Å². The summed E-state index contributed by atoms with van der Waals surface area (Å²) in [4.78, 5) is 22.4. The van der Waals surface area contributed by atoms with Crippen LogP contribution in [-0.4, -0.2) is 29.7 Å². The van der Waals surface area contributed by atoms with Gasteiger partial charge in [0.15, 0.2) is 0 Å². The highest BCUT2D eigenvalue weighted by atomic mass is 16.4. The number of aliphatic carboxylic acids is 1. The third kappa shape index (κ3) is 6.22. The van der Waals surface area contributed by atoms with E-state index in [9.17, 15) is 9.59 Å². The summed E-state index contributed by atoms with van der Waals surface area (Å²) in [6, 6.07) is 9.18. The molecule has 1 unspecified atom stereocenters. The van der Waals surface area contributed by atoms with Crippen LogP contribution in [0.2, 0.25) is 0 Å². The van der Waals surface area contributed by atoms with E-state index in [1.54, 1.807) is 0 Å². The predicted molar refractivity (Wildman–Crippen MR) is 77.6 cm³/mol. The molecule has 0 radical (unpaired) electrons. The molecule has 1 aromatic rings. The van der Waals surface area contributed by atoms with E-state index >= 15 is 0 Å². The number of rotatable bonds is 7. The fourth-order valence-corrected chi connectivity index (χ4v) is 1.83. The van der Waals surface area contributed by atoms with Gasteiger partial charge in [-0.3, -0.25) is 4.79 Å². The van der Waals surface area contributed by atoms with Crippen molar-refractivity contribution in [2.24, 2.45) is 5.92 Å². The van der Waals surface area contributed by atoms with Crippen molar-refractivity contribution in [2.45, 2.75) is 32.7 Å². The highest BCUT2D eigenvalue weighted by molar-refractivity contribution is 5.75. The summed E-state index contributed by atoms with van der Waals surface area (Å²) in [6.07, 6.45) is 0.684. The van der Waals surface area contributed by atoms with E-state index in [4.69, 9.17) is 5.11 Å². The summed E-state index contributed by atoms with van der Waals surface area (Å²) in [5, 5.41) is 14.2. The fraction of sp³-hybridized carbons (Fsp3) is 0.467. The Morgan fingerprint density at radius 2 is 1.85 bits per heavy atom. The molecule has 0 saturated carbocycles. The third-order valence-electron chi connectivity index (χ3n) is 3.06. The number of carboxylic acid groups (broad SMARTS) is 1. The van der Waals surface area contributed by atoms with Crippen molar-refractivity contribution in [1.82, 2.24) is 10.6 Å². The second kappa shape index (κ2) is 8.19. The largest absolute Gasteiger partial charge is 0.481 e. The zero-order valence-electron chi connectivity index (χ0n) is 11.9. The Bertz CT molecular complexity index is 432. The summed E-state index contributed by atoms with van der Waals surface area (Å²) in [7, 11) is 0. The summed E-state index contributed by atoms with van der Waals surface area (Å²) >= 11 is 0. The molecule has 0 bridgehead atoms. The highest BCUT2D eigenvalue weighted by Crippen LogP contribution is 2.05. The molecule has 0 aliphatic carbocycles. The maximum absolute atomic E-state index is 11.7. The first-order valence-electron chi connectivity index (χ1n) is 6.79. The molecular weight excluding hydrogens is 256 g/mol. The number of hydrogen-bond donors (Lipinski definition) is 3. The summed E-state index contributed by atoms with van der Waals surface area (Å²) in [6.45, 7) is 4.30. The van der Waals surface area contributed by atoms with Gasteiger partial charge in [0, 0.05) is 12.6 Å². The Kier molecular flexibility index (Phi) is 6.56. The van der Waals surface area contributed by atoms with Crippen LogP contribution in [0, 0.1) is 5.92 Å². The van der Waals surface area contributed by atoms with Gasteiger partial charge in [-0.25, -0.2) is 4.79 Å². The summed E-state index contributed by atoms with van der Waals surface area (Å²) < 4.78 is 0. The van der Waals surface area contributed by atoms with Crippen LogP contribution >= 0.6 is 0 Å². The molecule has 3 N–H and O–H groups in total. The van der Waals surface area contributed by atoms with E-state index < -0.39 is 5.97 Å². The number of hydrogen-bond acceptors (Lipinski definition) is 2. The van der Waals surface area contributed by atoms with Crippen molar-refractivity contribution in [1.29, 1.82) is 0 Å². The van der Waals surface area contributed by atoms with Gasteiger partial charge in [0.05, 0.1) is 6.42 Å². The van der Waals surface area contributed by atoms with Gasteiger partial charge in [-0.15, -0.1) is 0 Å². The van der Waals surface area contributed by atoms with Crippen molar-refractivity contribution >= 4 is 12.0 Å². The molecule has 0 heterocycles. The summed E-state index contributed by atoms with van der Waals surface area (Å²) in [5.74, 6) is -0.834. The standard InChI is InChI=1S/C15H22N2O3/c1-11(2)13(10-14(18)19)17-15(20)16-9-8-12-6-4-3-5-7-12/h3-7,11,13H,8-10H2,1-2H3,(H,18,19)(H2,16,17,20). The van der Waals surface area contributed by atoms with Gasteiger partial charge in [-0.1, -0.05) is 44.2 Å². The maximum Gasteiger partial charge on any atom is 0.315 e. The average molecular weight is 278 g/mol. The molecule has 20 heavy (non-hydrogen) atoms. The second-order valence-electron chi connectivity index (χ2n) is 5.08. The minimum Gasteiger partial charge on any atom is -0.481 e. The van der Waals surface area contributed by atoms with E-state index in [1.807, 2.05) is 44.2 Å². The predicted octanol–water partition coefficient (Wildman–Crippen LogP) is 2.03. The number of benzene rings is 1. The van der Waals surface area contributed by atoms with Crippen LogP contribution in [0.3, 0.4) is 0 Å². The lowest BCUT2D eigenvalue weighted by molar-refractivity contribution is -0.137. The van der Waals surface area contributed by atoms with Crippen LogP contribution in [0.15, 0.2) is 30.3 Å². The lowest BCUT2D eigenvalue weighted by Gasteiger charge is -2.20. The molecule has 1 rings (SSSR count). The van der Waals surface area contributed by atoms with Crippen molar-refractivity contribution in [3.05, 3.63) is 35.9 Å². The lowest BCUT2D eigenvalue weighted by atomic mass is 10.0. The van der Waals surface area contributed by atoms with Gasteiger partial charge >= 0.3 is 12.0 Å². The lowest BCUT2D eigenvalue weighted by Crippen LogP contribution is -2.45. The normalized spacial score (nSPS) is 11.9. The van der Waals surface area contributed by atoms with Crippen LogP contribution in [0.4, 0.5) is 4.79 Å². The minimum absolute atomic E-state index is 0.0657. The van der Waals surface area contributed by atoms with Gasteiger partial charge in [0.1, 0.15) is 0 Å². The molecule has 5 nitrogen and oxygen atoms in total. The SMILES string of the molecule is CC(C)C(CC(=O)O)NC(=O)NCCc1ccccc1. The average Bonchev–Trinajstić information content (AvgIpc) is 2.38. The molecule has 1 atom stereocenters. The topological polar surface area (TPSA) is 78.4 Å². The van der Waals surface area contributed by atoms with Gasteiger partial charge in [0.2, 0.25) is 0 Å². The van der Waals surface area contributed by atoms with E-state index in [0.717, 1.165) is 12.0 Å². The van der Waals surface area contributed by atoms with E-state index in [-0.39, 0.29) is 24.4 Å². The van der Waals surface area contributed by atoms with E-state index in [0.29, 0.717) is 6.54 Å². The zero-order valence-corrected chi connectivity index (χ0v) is 11.9. The first-order valence-corrected chi connectivity index (χ1v) is 6.79. The summed E-state index contributed by atoms with van der Waals surface area (Å²) in [5.41, 5.74) is 1.15. The number of urea groups is 1. The Morgan fingerprint density at radius 3 is 2.40 bits per heavy atom.